The van der Waals surface area contributed by atoms with E-state index >= 15 is 0 Å². The minimum absolute atomic E-state index is 0.124. The number of ether oxygens (including phenoxy) is 1. The Kier molecular flexibility index (Phi) is 3.55. The number of esters is 1. The Morgan fingerprint density at radius 1 is 1.73 bits per heavy atom. The molecule has 0 saturated carbocycles. The molecule has 0 spiro atoms. The number of carbonyl (C=O) groups excluding carboxylic acids is 1. The Morgan fingerprint density at radius 3 is 3.07 bits per heavy atom. The molecule has 0 aliphatic heterocycles. The van der Waals surface area contributed by atoms with Crippen LogP contribution in [0, 0.1) is 10.1 Å². The molecular formula is C8H9N3O4. The van der Waals surface area contributed by atoms with Crippen LogP contribution in [0.4, 0.5) is 11.4 Å². The van der Waals surface area contributed by atoms with E-state index in [1.807, 2.05) is 0 Å². The quantitative estimate of drug-likeness (QED) is 0.444. The Balaban J connectivity index is 2.76. The summed E-state index contributed by atoms with van der Waals surface area (Å²) in [6, 6.07) is 1.42. The molecule has 1 aromatic rings. The topological polar surface area (TPSA) is 94.4 Å². The summed E-state index contributed by atoms with van der Waals surface area (Å²) >= 11 is 0. The van der Waals surface area contributed by atoms with Crippen molar-refractivity contribution in [1.29, 1.82) is 0 Å². The predicted octanol–water partition coefficient (Wildman–Crippen LogP) is 0.575. The van der Waals surface area contributed by atoms with Crippen LogP contribution in [0.2, 0.25) is 0 Å². The van der Waals surface area contributed by atoms with Gasteiger partial charge in [0.25, 0.3) is 0 Å². The zero-order chi connectivity index (χ0) is 11.3. The van der Waals surface area contributed by atoms with E-state index in [-0.39, 0.29) is 17.9 Å². The van der Waals surface area contributed by atoms with Crippen LogP contribution >= 0.6 is 0 Å². The van der Waals surface area contributed by atoms with Gasteiger partial charge in [0, 0.05) is 6.20 Å². The Bertz CT molecular complexity index is 380. The highest BCUT2D eigenvalue weighted by molar-refractivity contribution is 5.76. The molecule has 1 aromatic heterocycles. The van der Waals surface area contributed by atoms with E-state index in [2.05, 4.69) is 15.0 Å². The number of hydrogen-bond acceptors (Lipinski definition) is 6. The van der Waals surface area contributed by atoms with E-state index in [0.717, 1.165) is 6.20 Å². The molecule has 0 atom stereocenters. The maximum Gasteiger partial charge on any atom is 0.325 e. The largest absolute Gasteiger partial charge is 0.468 e. The van der Waals surface area contributed by atoms with Crippen LogP contribution in [0.1, 0.15) is 0 Å². The van der Waals surface area contributed by atoms with Gasteiger partial charge >= 0.3 is 11.7 Å². The summed E-state index contributed by atoms with van der Waals surface area (Å²) in [6.45, 7) is -0.124. The molecule has 1 N–H and O–H groups in total. The molecule has 0 aliphatic carbocycles. The second kappa shape index (κ2) is 4.89. The van der Waals surface area contributed by atoms with Gasteiger partial charge in [-0.25, -0.2) is 0 Å². The predicted molar refractivity (Wildman–Crippen MR) is 51.4 cm³/mol. The maximum atomic E-state index is 10.8. The van der Waals surface area contributed by atoms with Crippen LogP contribution in [0.25, 0.3) is 0 Å². The summed E-state index contributed by atoms with van der Waals surface area (Å²) in [5.74, 6) is -0.499. The summed E-state index contributed by atoms with van der Waals surface area (Å²) in [5, 5.41) is 13.1. The molecule has 7 nitrogen and oxygen atoms in total. The highest BCUT2D eigenvalue weighted by Gasteiger charge is 2.13. The molecule has 15 heavy (non-hydrogen) atoms. The summed E-state index contributed by atoms with van der Waals surface area (Å²) in [4.78, 5) is 24.4. The first-order chi connectivity index (χ1) is 7.15. The van der Waals surface area contributed by atoms with Gasteiger partial charge in [0.1, 0.15) is 18.4 Å². The number of pyridine rings is 1. The van der Waals surface area contributed by atoms with Crippen LogP contribution < -0.4 is 5.32 Å². The Labute approximate surface area is 85.2 Å². The number of nitrogens with zero attached hydrogens (tertiary/aromatic N) is 2. The van der Waals surface area contributed by atoms with Crippen LogP contribution in [-0.4, -0.2) is 29.5 Å². The first-order valence-corrected chi connectivity index (χ1v) is 4.04. The van der Waals surface area contributed by atoms with E-state index in [4.69, 9.17) is 0 Å². The van der Waals surface area contributed by atoms with E-state index in [0.29, 0.717) is 0 Å². The third-order valence-electron chi connectivity index (χ3n) is 1.65. The van der Waals surface area contributed by atoms with Gasteiger partial charge < -0.3 is 10.1 Å². The van der Waals surface area contributed by atoms with Crippen LogP contribution in [-0.2, 0) is 9.53 Å². The van der Waals surface area contributed by atoms with E-state index in [1.165, 1.54) is 19.4 Å². The van der Waals surface area contributed by atoms with Crippen molar-refractivity contribution in [2.75, 3.05) is 19.0 Å². The SMILES string of the molecule is COC(=O)CNc1ccncc1[N+](=O)[O-]. The molecule has 0 fully saturated rings. The van der Waals surface area contributed by atoms with Crippen molar-refractivity contribution in [3.05, 3.63) is 28.6 Å². The molecule has 1 rings (SSSR count). The van der Waals surface area contributed by atoms with Crippen molar-refractivity contribution in [2.45, 2.75) is 0 Å². The molecule has 80 valence electrons. The summed E-state index contributed by atoms with van der Waals surface area (Å²) in [7, 11) is 1.24. The smallest absolute Gasteiger partial charge is 0.325 e. The van der Waals surface area contributed by atoms with Crippen molar-refractivity contribution < 1.29 is 14.5 Å². The van der Waals surface area contributed by atoms with Gasteiger partial charge in [-0.15, -0.1) is 0 Å². The number of nitrogens with one attached hydrogen (secondary N) is 1. The molecule has 0 bridgehead atoms. The van der Waals surface area contributed by atoms with Crippen LogP contribution in [0.5, 0.6) is 0 Å². The first-order valence-electron chi connectivity index (χ1n) is 4.04. The lowest BCUT2D eigenvalue weighted by atomic mass is 10.3. The van der Waals surface area contributed by atoms with E-state index in [9.17, 15) is 14.9 Å². The molecule has 0 aliphatic rings. The van der Waals surface area contributed by atoms with Crippen molar-refractivity contribution in [1.82, 2.24) is 4.98 Å². The monoisotopic (exact) mass is 211 g/mol. The van der Waals surface area contributed by atoms with E-state index in [1.54, 1.807) is 0 Å². The van der Waals surface area contributed by atoms with Crippen molar-refractivity contribution in [3.63, 3.8) is 0 Å². The van der Waals surface area contributed by atoms with E-state index < -0.39 is 10.9 Å². The second-order valence-electron chi connectivity index (χ2n) is 2.58. The number of aromatic nitrogens is 1. The highest BCUT2D eigenvalue weighted by atomic mass is 16.6. The molecule has 0 aromatic carbocycles. The Morgan fingerprint density at radius 2 is 2.47 bits per heavy atom. The molecule has 7 heteroatoms. The van der Waals surface area contributed by atoms with Gasteiger partial charge in [-0.3, -0.25) is 19.9 Å². The number of nitro groups is 1. The Hall–Kier alpha value is -2.18. The zero-order valence-electron chi connectivity index (χ0n) is 7.97. The minimum atomic E-state index is -0.577. The molecule has 0 saturated heterocycles. The molecule has 0 amide bonds. The van der Waals surface area contributed by atoms with Crippen molar-refractivity contribution in [3.8, 4) is 0 Å². The lowest BCUT2D eigenvalue weighted by Gasteiger charge is -2.04. The first kappa shape index (κ1) is 10.9. The van der Waals surface area contributed by atoms with Gasteiger partial charge in [-0.1, -0.05) is 0 Å². The third-order valence-corrected chi connectivity index (χ3v) is 1.65. The van der Waals surface area contributed by atoms with Crippen molar-refractivity contribution >= 4 is 17.3 Å². The molecule has 0 unspecified atom stereocenters. The normalized spacial score (nSPS) is 9.40. The summed E-state index contributed by atoms with van der Waals surface area (Å²) in [6.07, 6.45) is 2.51. The number of methoxy groups -OCH3 is 1. The zero-order valence-corrected chi connectivity index (χ0v) is 7.97. The molecular weight excluding hydrogens is 202 g/mol. The highest BCUT2D eigenvalue weighted by Crippen LogP contribution is 2.21. The van der Waals surface area contributed by atoms with Gasteiger partial charge in [0.05, 0.1) is 12.0 Å². The summed E-state index contributed by atoms with van der Waals surface area (Å²) in [5.41, 5.74) is 0.0572. The molecule has 0 radical (unpaired) electrons. The average molecular weight is 211 g/mol. The average Bonchev–Trinajstić information content (AvgIpc) is 2.26. The second-order valence-corrected chi connectivity index (χ2v) is 2.58. The summed E-state index contributed by atoms with van der Waals surface area (Å²) < 4.78 is 4.39. The third kappa shape index (κ3) is 2.90. The van der Waals surface area contributed by atoms with Gasteiger partial charge in [-0.2, -0.15) is 0 Å². The number of hydrogen-bond donors (Lipinski definition) is 1. The number of anilines is 1. The van der Waals surface area contributed by atoms with Crippen molar-refractivity contribution in [2.24, 2.45) is 0 Å². The standard InChI is InChI=1S/C8H9N3O4/c1-15-8(12)5-10-6-2-3-9-4-7(6)11(13)14/h2-4H,5H2,1H3,(H,9,10). The van der Waals surface area contributed by atoms with Gasteiger partial charge in [0.15, 0.2) is 0 Å². The maximum absolute atomic E-state index is 10.8. The fourth-order valence-electron chi connectivity index (χ4n) is 0.921. The van der Waals surface area contributed by atoms with Crippen LogP contribution in [0.15, 0.2) is 18.5 Å². The van der Waals surface area contributed by atoms with Crippen LogP contribution in [0.3, 0.4) is 0 Å². The van der Waals surface area contributed by atoms with Gasteiger partial charge in [0.2, 0.25) is 0 Å². The van der Waals surface area contributed by atoms with Gasteiger partial charge in [-0.05, 0) is 6.07 Å². The number of carbonyl (C=O) groups is 1. The fraction of sp³-hybridized carbons (Fsp3) is 0.250. The minimum Gasteiger partial charge on any atom is -0.468 e. The fourth-order valence-corrected chi connectivity index (χ4v) is 0.921. The number of rotatable bonds is 4. The lowest BCUT2D eigenvalue weighted by Crippen LogP contribution is -2.15. The lowest BCUT2D eigenvalue weighted by molar-refractivity contribution is -0.384. The molecule has 1 heterocycles.